The summed E-state index contributed by atoms with van der Waals surface area (Å²) < 4.78 is 0. The van der Waals surface area contributed by atoms with E-state index >= 15 is 0 Å². The molecular formula is C20H20N4O2. The normalized spacial score (nSPS) is 19.8. The van der Waals surface area contributed by atoms with Crippen molar-refractivity contribution in [1.82, 2.24) is 20.3 Å². The van der Waals surface area contributed by atoms with Crippen LogP contribution in [0.15, 0.2) is 66.9 Å². The van der Waals surface area contributed by atoms with Gasteiger partial charge in [-0.3, -0.25) is 4.79 Å². The summed E-state index contributed by atoms with van der Waals surface area (Å²) in [6.45, 7) is 0.701. The van der Waals surface area contributed by atoms with Crippen LogP contribution in [-0.4, -0.2) is 44.4 Å². The Labute approximate surface area is 151 Å². The molecule has 0 bridgehead atoms. The maximum atomic E-state index is 13.4. The molecule has 1 saturated heterocycles. The number of nitrogens with one attached hydrogen (secondary N) is 1. The Morgan fingerprint density at radius 1 is 1.08 bits per heavy atom. The number of nitrogens with zero attached hydrogens (tertiary/aromatic N) is 3. The Bertz CT molecular complexity index is 828. The molecule has 2 heterocycles. The minimum Gasteiger partial charge on any atom is -0.381 e. The van der Waals surface area contributed by atoms with Crippen LogP contribution in [0.2, 0.25) is 0 Å². The Morgan fingerprint density at radius 2 is 1.69 bits per heavy atom. The summed E-state index contributed by atoms with van der Waals surface area (Å²) in [5.41, 5.74) is 1.21. The Kier molecular flexibility index (Phi) is 4.26. The number of carbonyl (C=O) groups excluding carboxylic acids is 1. The highest BCUT2D eigenvalue weighted by Crippen LogP contribution is 2.34. The number of aliphatic hydroxyl groups is 1. The molecular weight excluding hydrogens is 328 g/mol. The van der Waals surface area contributed by atoms with Crippen molar-refractivity contribution in [1.29, 1.82) is 0 Å². The molecule has 1 atom stereocenters. The van der Waals surface area contributed by atoms with Gasteiger partial charge in [-0.2, -0.15) is 15.4 Å². The van der Waals surface area contributed by atoms with E-state index in [2.05, 4.69) is 15.4 Å². The van der Waals surface area contributed by atoms with Crippen LogP contribution in [0.1, 0.15) is 29.2 Å². The molecule has 0 saturated carbocycles. The van der Waals surface area contributed by atoms with Gasteiger partial charge in [0.25, 0.3) is 0 Å². The van der Waals surface area contributed by atoms with Crippen LogP contribution >= 0.6 is 0 Å². The van der Waals surface area contributed by atoms with Crippen LogP contribution in [0.3, 0.4) is 0 Å². The molecule has 3 aromatic rings. The lowest BCUT2D eigenvalue weighted by molar-refractivity contribution is -0.131. The molecule has 1 amide bonds. The van der Waals surface area contributed by atoms with Crippen molar-refractivity contribution in [3.05, 3.63) is 83.7 Å². The highest BCUT2D eigenvalue weighted by Gasteiger charge is 2.43. The average Bonchev–Trinajstić information content (AvgIpc) is 3.35. The molecule has 6 heteroatoms. The number of likely N-dealkylation sites (tertiary alicyclic amines) is 1. The standard InChI is InChI=1S/C20H20N4O2/c25-19(24-12-11-20(26,14-24)17-13-21-23-22-17)18(15-7-3-1-4-8-15)16-9-5-2-6-10-16/h1-10,13,18,26H,11-12,14H2,(H,21,22,23). The lowest BCUT2D eigenvalue weighted by Gasteiger charge is -2.26. The number of hydrogen-bond donors (Lipinski definition) is 2. The number of aromatic amines is 1. The molecule has 6 nitrogen and oxygen atoms in total. The van der Waals surface area contributed by atoms with E-state index in [4.69, 9.17) is 0 Å². The summed E-state index contributed by atoms with van der Waals surface area (Å²) in [5.74, 6) is -0.404. The van der Waals surface area contributed by atoms with Gasteiger partial charge in [0.05, 0.1) is 18.7 Å². The van der Waals surface area contributed by atoms with Gasteiger partial charge in [-0.05, 0) is 11.1 Å². The summed E-state index contributed by atoms with van der Waals surface area (Å²) in [7, 11) is 0. The maximum Gasteiger partial charge on any atom is 0.234 e. The van der Waals surface area contributed by atoms with E-state index in [-0.39, 0.29) is 12.5 Å². The highest BCUT2D eigenvalue weighted by atomic mass is 16.3. The number of amides is 1. The summed E-state index contributed by atoms with van der Waals surface area (Å²) in [5, 5.41) is 21.2. The third-order valence-corrected chi connectivity index (χ3v) is 4.96. The van der Waals surface area contributed by atoms with Crippen LogP contribution in [0.25, 0.3) is 0 Å². The zero-order chi connectivity index (χ0) is 18.0. The van der Waals surface area contributed by atoms with Crippen LogP contribution in [0, 0.1) is 0 Å². The van der Waals surface area contributed by atoms with Crippen molar-refractivity contribution >= 4 is 5.91 Å². The number of aromatic nitrogens is 3. The maximum absolute atomic E-state index is 13.4. The lowest BCUT2D eigenvalue weighted by atomic mass is 9.90. The number of hydrogen-bond acceptors (Lipinski definition) is 4. The third kappa shape index (κ3) is 2.99. The first-order valence-corrected chi connectivity index (χ1v) is 8.65. The number of β-amino-alcohol motifs (C(OH)–C–C–N with tert-alkyl or cyclic N) is 1. The second-order valence-corrected chi connectivity index (χ2v) is 6.65. The Hall–Kier alpha value is -2.99. The van der Waals surface area contributed by atoms with Crippen LogP contribution in [-0.2, 0) is 10.4 Å². The quantitative estimate of drug-likeness (QED) is 0.756. The zero-order valence-corrected chi connectivity index (χ0v) is 14.2. The lowest BCUT2D eigenvalue weighted by Crippen LogP contribution is -2.37. The fourth-order valence-electron chi connectivity index (χ4n) is 3.57. The van der Waals surface area contributed by atoms with Crippen LogP contribution < -0.4 is 0 Å². The van der Waals surface area contributed by atoms with Crippen molar-refractivity contribution in [3.63, 3.8) is 0 Å². The third-order valence-electron chi connectivity index (χ3n) is 4.96. The first kappa shape index (κ1) is 16.5. The second-order valence-electron chi connectivity index (χ2n) is 6.65. The number of H-pyrrole nitrogens is 1. The van der Waals surface area contributed by atoms with E-state index in [1.54, 1.807) is 4.90 Å². The topological polar surface area (TPSA) is 82.1 Å². The van der Waals surface area contributed by atoms with Crippen LogP contribution in [0.5, 0.6) is 0 Å². The zero-order valence-electron chi connectivity index (χ0n) is 14.2. The van der Waals surface area contributed by atoms with Gasteiger partial charge in [-0.15, -0.1) is 0 Å². The van der Waals surface area contributed by atoms with E-state index < -0.39 is 11.5 Å². The summed E-state index contributed by atoms with van der Waals surface area (Å²) >= 11 is 0. The molecule has 1 aromatic heterocycles. The molecule has 1 aliphatic heterocycles. The van der Waals surface area contributed by atoms with Gasteiger partial charge in [-0.1, -0.05) is 60.7 Å². The number of rotatable bonds is 4. The van der Waals surface area contributed by atoms with Gasteiger partial charge in [0, 0.05) is 13.0 Å². The molecule has 0 spiro atoms. The van der Waals surface area contributed by atoms with Crippen molar-refractivity contribution in [2.45, 2.75) is 17.9 Å². The smallest absolute Gasteiger partial charge is 0.234 e. The summed E-state index contributed by atoms with van der Waals surface area (Å²) in [4.78, 5) is 15.1. The molecule has 2 aromatic carbocycles. The van der Waals surface area contributed by atoms with Crippen molar-refractivity contribution in [2.24, 2.45) is 0 Å². The average molecular weight is 348 g/mol. The van der Waals surface area contributed by atoms with E-state index in [1.165, 1.54) is 6.20 Å². The second kappa shape index (κ2) is 6.72. The minimum absolute atomic E-state index is 0.0122. The van der Waals surface area contributed by atoms with Gasteiger partial charge in [0.2, 0.25) is 5.91 Å². The molecule has 1 fully saturated rings. The largest absolute Gasteiger partial charge is 0.381 e. The first-order valence-electron chi connectivity index (χ1n) is 8.65. The van der Waals surface area contributed by atoms with Gasteiger partial charge in [-0.25, -0.2) is 0 Å². The summed E-state index contributed by atoms with van der Waals surface area (Å²) in [6.07, 6.45) is 1.96. The molecule has 2 N–H and O–H groups in total. The van der Waals surface area contributed by atoms with Gasteiger partial charge in [0.1, 0.15) is 11.3 Å². The first-order chi connectivity index (χ1) is 12.7. The molecule has 1 unspecified atom stereocenters. The monoisotopic (exact) mass is 348 g/mol. The summed E-state index contributed by atoms with van der Waals surface area (Å²) in [6, 6.07) is 19.5. The van der Waals surface area contributed by atoms with Crippen LogP contribution in [0.4, 0.5) is 0 Å². The SMILES string of the molecule is O=C(C(c1ccccc1)c1ccccc1)N1CCC(O)(c2cn[nH]n2)C1. The molecule has 26 heavy (non-hydrogen) atoms. The van der Waals surface area contributed by atoms with E-state index in [0.717, 1.165) is 11.1 Å². The predicted octanol–water partition coefficient (Wildman–Crippen LogP) is 2.06. The fourth-order valence-corrected chi connectivity index (χ4v) is 3.57. The van der Waals surface area contributed by atoms with E-state index in [9.17, 15) is 9.90 Å². The van der Waals surface area contributed by atoms with E-state index in [1.807, 2.05) is 60.7 Å². The van der Waals surface area contributed by atoms with Gasteiger partial charge < -0.3 is 10.0 Å². The van der Waals surface area contributed by atoms with Crippen molar-refractivity contribution < 1.29 is 9.90 Å². The molecule has 0 radical (unpaired) electrons. The highest BCUT2D eigenvalue weighted by molar-refractivity contribution is 5.87. The number of carbonyl (C=O) groups is 1. The molecule has 4 rings (SSSR count). The Morgan fingerprint density at radius 3 is 2.23 bits per heavy atom. The van der Waals surface area contributed by atoms with E-state index in [0.29, 0.717) is 18.7 Å². The fraction of sp³-hybridized carbons (Fsp3) is 0.250. The molecule has 0 aliphatic carbocycles. The van der Waals surface area contributed by atoms with Crippen molar-refractivity contribution in [2.75, 3.05) is 13.1 Å². The predicted molar refractivity (Wildman–Crippen MR) is 96.2 cm³/mol. The van der Waals surface area contributed by atoms with Gasteiger partial charge in [0.15, 0.2) is 0 Å². The Balaban J connectivity index is 1.64. The molecule has 1 aliphatic rings. The van der Waals surface area contributed by atoms with Gasteiger partial charge >= 0.3 is 0 Å². The minimum atomic E-state index is -1.15. The molecule has 132 valence electrons. The van der Waals surface area contributed by atoms with Crippen molar-refractivity contribution in [3.8, 4) is 0 Å². The number of benzene rings is 2.